The van der Waals surface area contributed by atoms with Crippen molar-refractivity contribution in [1.29, 1.82) is 0 Å². The van der Waals surface area contributed by atoms with Crippen LogP contribution in [0.5, 0.6) is 0 Å². The third kappa shape index (κ3) is 3.68. The second kappa shape index (κ2) is 7.03. The summed E-state index contributed by atoms with van der Waals surface area (Å²) in [7, 11) is -3.21. The summed E-state index contributed by atoms with van der Waals surface area (Å²) in [5.41, 5.74) is 0.640. The van der Waals surface area contributed by atoms with E-state index in [4.69, 9.17) is 0 Å². The van der Waals surface area contributed by atoms with Crippen molar-refractivity contribution in [2.45, 2.75) is 11.3 Å². The Hall–Kier alpha value is -1.71. The maximum atomic E-state index is 14.6. The van der Waals surface area contributed by atoms with Crippen LogP contribution in [-0.2, 0) is 9.84 Å². The van der Waals surface area contributed by atoms with Crippen LogP contribution in [0.2, 0.25) is 0 Å². The number of amidine groups is 1. The quantitative estimate of drug-likeness (QED) is 0.674. The molecule has 140 valence electrons. The minimum absolute atomic E-state index is 0.00444. The van der Waals surface area contributed by atoms with Gasteiger partial charge < -0.3 is 4.90 Å². The Balaban J connectivity index is 1.76. The largest absolute Gasteiger partial charge is 0.313 e. The van der Waals surface area contributed by atoms with Gasteiger partial charge in [-0.15, -0.1) is 0 Å². The van der Waals surface area contributed by atoms with Gasteiger partial charge in [-0.1, -0.05) is 45.9 Å². The first kappa shape index (κ1) is 18.6. The van der Waals surface area contributed by atoms with Crippen LogP contribution in [0.4, 0.5) is 10.1 Å². The van der Waals surface area contributed by atoms with Gasteiger partial charge in [-0.2, -0.15) is 4.99 Å². The number of benzene rings is 2. The molecule has 2 saturated heterocycles. The van der Waals surface area contributed by atoms with Gasteiger partial charge in [0, 0.05) is 15.3 Å². The van der Waals surface area contributed by atoms with Crippen molar-refractivity contribution in [1.82, 2.24) is 0 Å². The van der Waals surface area contributed by atoms with Gasteiger partial charge in [0.2, 0.25) is 0 Å². The summed E-state index contributed by atoms with van der Waals surface area (Å²) in [6, 6.07) is 12.7. The molecule has 2 aromatic rings. The van der Waals surface area contributed by atoms with Crippen LogP contribution in [0.1, 0.15) is 10.4 Å². The van der Waals surface area contributed by atoms with Crippen molar-refractivity contribution in [3.63, 3.8) is 0 Å². The van der Waals surface area contributed by atoms with E-state index in [0.717, 1.165) is 0 Å². The molecule has 0 unspecified atom stereocenters. The van der Waals surface area contributed by atoms with Crippen LogP contribution in [0.15, 0.2) is 58.0 Å². The first-order valence-corrected chi connectivity index (χ1v) is 11.6. The predicted octanol–water partition coefficient (Wildman–Crippen LogP) is 3.50. The lowest BCUT2D eigenvalue weighted by atomic mass is 10.2. The van der Waals surface area contributed by atoms with Gasteiger partial charge in [0.1, 0.15) is 5.82 Å². The molecule has 5 nitrogen and oxygen atoms in total. The van der Waals surface area contributed by atoms with Gasteiger partial charge in [-0.3, -0.25) is 4.79 Å². The van der Waals surface area contributed by atoms with Gasteiger partial charge in [0.15, 0.2) is 15.0 Å². The minimum atomic E-state index is -3.21. The number of anilines is 1. The first-order chi connectivity index (χ1) is 12.8. The molecule has 2 atom stereocenters. The Morgan fingerprint density at radius 2 is 1.93 bits per heavy atom. The van der Waals surface area contributed by atoms with E-state index in [0.29, 0.717) is 15.2 Å². The maximum absolute atomic E-state index is 14.6. The number of carbonyl (C=O) groups excluding carboxylic acids is 1. The average Bonchev–Trinajstić information content (AvgIpc) is 3.07. The molecular formula is C18H14BrFN2O3S2. The summed E-state index contributed by atoms with van der Waals surface area (Å²) in [5, 5.41) is 0.0512. The average molecular weight is 469 g/mol. The topological polar surface area (TPSA) is 66.8 Å². The van der Waals surface area contributed by atoms with E-state index in [1.165, 1.54) is 17.8 Å². The molecule has 2 fully saturated rings. The molecule has 2 heterocycles. The highest BCUT2D eigenvalue weighted by Gasteiger charge is 2.50. The van der Waals surface area contributed by atoms with Crippen LogP contribution in [0, 0.1) is 5.82 Å². The van der Waals surface area contributed by atoms with E-state index in [-0.39, 0.29) is 22.4 Å². The molecule has 9 heteroatoms. The van der Waals surface area contributed by atoms with Crippen molar-refractivity contribution in [2.75, 3.05) is 16.4 Å². The summed E-state index contributed by atoms with van der Waals surface area (Å²) in [6.07, 6.45) is 0. The summed E-state index contributed by atoms with van der Waals surface area (Å²) in [5.74, 6) is -1.04. The van der Waals surface area contributed by atoms with Crippen LogP contribution in [0.25, 0.3) is 0 Å². The molecule has 0 spiro atoms. The maximum Gasteiger partial charge on any atom is 0.279 e. The van der Waals surface area contributed by atoms with E-state index in [1.807, 2.05) is 0 Å². The molecular weight excluding hydrogens is 455 g/mol. The third-order valence-corrected chi connectivity index (χ3v) is 8.16. The number of rotatable bonds is 2. The van der Waals surface area contributed by atoms with E-state index in [9.17, 15) is 17.6 Å². The van der Waals surface area contributed by atoms with Crippen molar-refractivity contribution in [3.8, 4) is 0 Å². The first-order valence-electron chi connectivity index (χ1n) is 8.13. The van der Waals surface area contributed by atoms with Crippen molar-refractivity contribution in [2.24, 2.45) is 4.99 Å². The second-order valence-electron chi connectivity index (χ2n) is 6.33. The standard InChI is InChI=1S/C18H14BrFN2O3S2/c19-12-6-7-14(13(20)8-12)22-15-9-27(24,25)10-16(15)26-18(22)21-17(23)11-4-2-1-3-5-11/h1-8,15-16H,9-10H2/t15-,16+/m0/s1. The monoisotopic (exact) mass is 468 g/mol. The van der Waals surface area contributed by atoms with Crippen molar-refractivity contribution in [3.05, 3.63) is 64.4 Å². The van der Waals surface area contributed by atoms with Gasteiger partial charge >= 0.3 is 0 Å². The van der Waals surface area contributed by atoms with Crippen LogP contribution in [-0.4, -0.2) is 42.3 Å². The fourth-order valence-corrected chi connectivity index (χ4v) is 7.49. The Bertz CT molecular complexity index is 1040. The highest BCUT2D eigenvalue weighted by Crippen LogP contribution is 2.42. The zero-order chi connectivity index (χ0) is 19.2. The highest BCUT2D eigenvalue weighted by atomic mass is 79.9. The Morgan fingerprint density at radius 1 is 1.19 bits per heavy atom. The number of nitrogens with zero attached hydrogens (tertiary/aromatic N) is 2. The molecule has 0 saturated carbocycles. The molecule has 4 rings (SSSR count). The number of amides is 1. The molecule has 2 aliphatic heterocycles. The molecule has 0 aromatic heterocycles. The molecule has 1 amide bonds. The normalized spacial score (nSPS) is 25.0. The molecule has 0 aliphatic carbocycles. The summed E-state index contributed by atoms with van der Waals surface area (Å²) >= 11 is 4.44. The Morgan fingerprint density at radius 3 is 2.63 bits per heavy atom. The minimum Gasteiger partial charge on any atom is -0.313 e. The third-order valence-electron chi connectivity index (χ3n) is 4.45. The molecule has 0 bridgehead atoms. The van der Waals surface area contributed by atoms with Gasteiger partial charge in [0.05, 0.1) is 23.2 Å². The number of fused-ring (bicyclic) bond motifs is 1. The number of carbonyl (C=O) groups is 1. The van der Waals surface area contributed by atoms with Crippen LogP contribution < -0.4 is 4.90 Å². The number of thioether (sulfide) groups is 1. The fraction of sp³-hybridized carbons (Fsp3) is 0.222. The van der Waals surface area contributed by atoms with Gasteiger partial charge in [0.25, 0.3) is 5.91 Å². The zero-order valence-corrected chi connectivity index (χ0v) is 17.1. The lowest BCUT2D eigenvalue weighted by Crippen LogP contribution is -2.38. The smallest absolute Gasteiger partial charge is 0.279 e. The summed E-state index contributed by atoms with van der Waals surface area (Å²) in [6.45, 7) is 0. The SMILES string of the molecule is O=C(N=C1S[C@@H]2CS(=O)(=O)C[C@@H]2N1c1ccc(Br)cc1F)c1ccccc1. The van der Waals surface area contributed by atoms with Gasteiger partial charge in [-0.25, -0.2) is 12.8 Å². The summed E-state index contributed by atoms with van der Waals surface area (Å²) in [4.78, 5) is 18.3. The second-order valence-corrected chi connectivity index (χ2v) is 10.6. The number of hydrogen-bond acceptors (Lipinski definition) is 4. The van der Waals surface area contributed by atoms with E-state index in [2.05, 4.69) is 20.9 Å². The molecule has 2 aliphatic rings. The Labute approximate surface area is 168 Å². The van der Waals surface area contributed by atoms with Crippen molar-refractivity contribution < 1.29 is 17.6 Å². The zero-order valence-electron chi connectivity index (χ0n) is 13.9. The van der Waals surface area contributed by atoms with Crippen LogP contribution in [0.3, 0.4) is 0 Å². The lowest BCUT2D eigenvalue weighted by Gasteiger charge is -2.25. The molecule has 27 heavy (non-hydrogen) atoms. The molecule has 0 N–H and O–H groups in total. The number of aliphatic imine (C=N–C) groups is 1. The van der Waals surface area contributed by atoms with E-state index >= 15 is 0 Å². The van der Waals surface area contributed by atoms with E-state index in [1.54, 1.807) is 47.4 Å². The van der Waals surface area contributed by atoms with Crippen LogP contribution >= 0.6 is 27.7 Å². The van der Waals surface area contributed by atoms with Crippen molar-refractivity contribution >= 4 is 54.3 Å². The highest BCUT2D eigenvalue weighted by molar-refractivity contribution is 9.10. The molecule has 2 aromatic carbocycles. The number of hydrogen-bond donors (Lipinski definition) is 0. The number of halogens is 2. The summed E-state index contributed by atoms with van der Waals surface area (Å²) < 4.78 is 39.3. The lowest BCUT2D eigenvalue weighted by molar-refractivity contribution is 0.100. The molecule has 0 radical (unpaired) electrons. The van der Waals surface area contributed by atoms with E-state index < -0.39 is 27.6 Å². The fourth-order valence-electron chi connectivity index (χ4n) is 3.25. The predicted molar refractivity (Wildman–Crippen MR) is 109 cm³/mol. The van der Waals surface area contributed by atoms with Gasteiger partial charge in [-0.05, 0) is 30.3 Å². The number of sulfone groups is 1. The Kier molecular flexibility index (Phi) is 4.85.